The van der Waals surface area contributed by atoms with Crippen LogP contribution >= 0.6 is 0 Å². The van der Waals surface area contributed by atoms with Crippen LogP contribution in [0.4, 0.5) is 0 Å². The number of ketones is 2. The molecule has 0 unspecified atom stereocenters. The van der Waals surface area contributed by atoms with E-state index in [4.69, 9.17) is 14.2 Å². The van der Waals surface area contributed by atoms with Crippen LogP contribution in [-0.2, 0) is 0 Å². The Labute approximate surface area is 139 Å². The molecule has 6 heteroatoms. The standard InChI is InChI=1S/C18H16O6/c1-22-14-7-5-4-6-12(14)17(20)18(21)13-9-16(24-3)15(23-2)8-11(13)10-19/h4-10H,1-3H3. The molecule has 0 N–H and O–H groups in total. The van der Waals surface area contributed by atoms with E-state index in [1.54, 1.807) is 18.2 Å². The summed E-state index contributed by atoms with van der Waals surface area (Å²) in [6.45, 7) is 0. The second-order valence-electron chi connectivity index (χ2n) is 4.77. The van der Waals surface area contributed by atoms with Gasteiger partial charge in [0.1, 0.15) is 5.75 Å². The molecule has 2 aromatic rings. The summed E-state index contributed by atoms with van der Waals surface area (Å²) in [5.74, 6) is -0.783. The number of para-hydroxylation sites is 1. The van der Waals surface area contributed by atoms with Crippen molar-refractivity contribution in [3.05, 3.63) is 53.1 Å². The van der Waals surface area contributed by atoms with Gasteiger partial charge in [0, 0.05) is 11.1 Å². The van der Waals surface area contributed by atoms with Crippen LogP contribution in [0.1, 0.15) is 31.1 Å². The molecule has 0 aliphatic heterocycles. The summed E-state index contributed by atoms with van der Waals surface area (Å²) < 4.78 is 15.3. The molecule has 2 aromatic carbocycles. The third-order valence-electron chi connectivity index (χ3n) is 3.49. The zero-order valence-electron chi connectivity index (χ0n) is 13.5. The van der Waals surface area contributed by atoms with Gasteiger partial charge in [0.2, 0.25) is 11.6 Å². The fraction of sp³-hybridized carbons (Fsp3) is 0.167. The molecule has 0 radical (unpaired) electrons. The molecular formula is C18H16O6. The maximum absolute atomic E-state index is 12.6. The van der Waals surface area contributed by atoms with Crippen molar-refractivity contribution in [2.75, 3.05) is 21.3 Å². The smallest absolute Gasteiger partial charge is 0.237 e. The maximum atomic E-state index is 12.6. The number of hydrogen-bond acceptors (Lipinski definition) is 6. The lowest BCUT2D eigenvalue weighted by Gasteiger charge is -2.12. The monoisotopic (exact) mass is 328 g/mol. The van der Waals surface area contributed by atoms with Crippen LogP contribution in [-0.4, -0.2) is 39.2 Å². The molecule has 124 valence electrons. The third-order valence-corrected chi connectivity index (χ3v) is 3.49. The lowest BCUT2D eigenvalue weighted by Crippen LogP contribution is -2.17. The van der Waals surface area contributed by atoms with Gasteiger partial charge in [0.05, 0.1) is 26.9 Å². The van der Waals surface area contributed by atoms with E-state index < -0.39 is 11.6 Å². The molecule has 0 aliphatic rings. The van der Waals surface area contributed by atoms with E-state index in [9.17, 15) is 14.4 Å². The van der Waals surface area contributed by atoms with Gasteiger partial charge in [-0.25, -0.2) is 0 Å². The first-order valence-corrected chi connectivity index (χ1v) is 7.00. The Kier molecular flexibility index (Phi) is 5.31. The highest BCUT2D eigenvalue weighted by atomic mass is 16.5. The van der Waals surface area contributed by atoms with Crippen molar-refractivity contribution in [1.29, 1.82) is 0 Å². The van der Waals surface area contributed by atoms with Crippen LogP contribution in [0.25, 0.3) is 0 Å². The number of methoxy groups -OCH3 is 3. The molecule has 2 rings (SSSR count). The zero-order valence-corrected chi connectivity index (χ0v) is 13.5. The fourth-order valence-corrected chi connectivity index (χ4v) is 2.27. The topological polar surface area (TPSA) is 78.9 Å². The van der Waals surface area contributed by atoms with Crippen LogP contribution in [0.15, 0.2) is 36.4 Å². The number of benzene rings is 2. The second-order valence-corrected chi connectivity index (χ2v) is 4.77. The molecule has 0 amide bonds. The number of Topliss-reactive ketones (excluding diaryl/α,β-unsaturated/α-hetero) is 2. The largest absolute Gasteiger partial charge is 0.496 e. The van der Waals surface area contributed by atoms with Gasteiger partial charge in [-0.1, -0.05) is 12.1 Å². The average Bonchev–Trinajstić information content (AvgIpc) is 2.65. The van der Waals surface area contributed by atoms with Gasteiger partial charge in [0.25, 0.3) is 0 Å². The average molecular weight is 328 g/mol. The molecule has 24 heavy (non-hydrogen) atoms. The van der Waals surface area contributed by atoms with Crippen LogP contribution in [0.5, 0.6) is 17.2 Å². The number of carbonyl (C=O) groups is 3. The summed E-state index contributed by atoms with van der Waals surface area (Å²) >= 11 is 0. The second kappa shape index (κ2) is 7.41. The van der Waals surface area contributed by atoms with Crippen LogP contribution in [0.3, 0.4) is 0 Å². The number of hydrogen-bond donors (Lipinski definition) is 0. The van der Waals surface area contributed by atoms with Crippen molar-refractivity contribution in [2.45, 2.75) is 0 Å². The predicted octanol–water partition coefficient (Wildman–Crippen LogP) is 2.59. The highest BCUT2D eigenvalue weighted by Crippen LogP contribution is 2.31. The molecule has 0 bridgehead atoms. The SMILES string of the molecule is COc1cc(C=O)c(C(=O)C(=O)c2ccccc2OC)cc1OC. The Morgan fingerprint density at radius 2 is 1.33 bits per heavy atom. The molecule has 0 spiro atoms. The molecule has 0 atom stereocenters. The number of aldehydes is 1. The Morgan fingerprint density at radius 3 is 1.92 bits per heavy atom. The normalized spacial score (nSPS) is 9.96. The molecule has 0 saturated heterocycles. The van der Waals surface area contributed by atoms with Gasteiger partial charge < -0.3 is 14.2 Å². The first kappa shape index (κ1) is 17.2. The van der Waals surface area contributed by atoms with Crippen molar-refractivity contribution >= 4 is 17.9 Å². The van der Waals surface area contributed by atoms with Crippen molar-refractivity contribution in [3.8, 4) is 17.2 Å². The van der Waals surface area contributed by atoms with Crippen molar-refractivity contribution in [3.63, 3.8) is 0 Å². The quantitative estimate of drug-likeness (QED) is 0.441. The van der Waals surface area contributed by atoms with Gasteiger partial charge in [-0.2, -0.15) is 0 Å². The molecule has 0 aliphatic carbocycles. The Bertz CT molecular complexity index is 794. The van der Waals surface area contributed by atoms with Gasteiger partial charge >= 0.3 is 0 Å². The maximum Gasteiger partial charge on any atom is 0.237 e. The minimum absolute atomic E-state index is 0.0425. The van der Waals surface area contributed by atoms with Crippen LogP contribution in [0, 0.1) is 0 Å². The number of ether oxygens (including phenoxy) is 3. The summed E-state index contributed by atoms with van der Waals surface area (Å²) in [5, 5.41) is 0. The first-order valence-electron chi connectivity index (χ1n) is 7.00. The highest BCUT2D eigenvalue weighted by molar-refractivity contribution is 6.50. The number of carbonyl (C=O) groups excluding carboxylic acids is 3. The molecule has 6 nitrogen and oxygen atoms in total. The molecule has 0 saturated carbocycles. The molecule has 0 fully saturated rings. The van der Waals surface area contributed by atoms with E-state index >= 15 is 0 Å². The molecule has 0 heterocycles. The Balaban J connectivity index is 2.52. The molecular weight excluding hydrogens is 312 g/mol. The number of rotatable bonds is 7. The summed E-state index contributed by atoms with van der Waals surface area (Å²) in [6, 6.07) is 9.05. The van der Waals surface area contributed by atoms with Crippen molar-refractivity contribution < 1.29 is 28.6 Å². The summed E-state index contributed by atoms with van der Waals surface area (Å²) in [5.41, 5.74) is 0.107. The van der Waals surface area contributed by atoms with E-state index in [0.717, 1.165) is 0 Å². The van der Waals surface area contributed by atoms with E-state index in [1.807, 2.05) is 0 Å². The predicted molar refractivity (Wildman–Crippen MR) is 86.6 cm³/mol. The fourth-order valence-electron chi connectivity index (χ4n) is 2.27. The van der Waals surface area contributed by atoms with E-state index in [1.165, 1.54) is 39.5 Å². The third kappa shape index (κ3) is 3.12. The Hall–Kier alpha value is -3.15. The Morgan fingerprint density at radius 1 is 0.792 bits per heavy atom. The minimum Gasteiger partial charge on any atom is -0.496 e. The van der Waals surface area contributed by atoms with Crippen molar-refractivity contribution in [2.24, 2.45) is 0 Å². The van der Waals surface area contributed by atoms with E-state index in [2.05, 4.69) is 0 Å². The first-order chi connectivity index (χ1) is 11.6. The summed E-state index contributed by atoms with van der Waals surface area (Å²) in [4.78, 5) is 36.4. The van der Waals surface area contributed by atoms with Gasteiger partial charge in [0.15, 0.2) is 17.8 Å². The van der Waals surface area contributed by atoms with Crippen LogP contribution < -0.4 is 14.2 Å². The van der Waals surface area contributed by atoms with Crippen molar-refractivity contribution in [1.82, 2.24) is 0 Å². The van der Waals surface area contributed by atoms with Gasteiger partial charge in [-0.3, -0.25) is 14.4 Å². The van der Waals surface area contributed by atoms with E-state index in [-0.39, 0.29) is 28.2 Å². The van der Waals surface area contributed by atoms with E-state index in [0.29, 0.717) is 12.0 Å². The van der Waals surface area contributed by atoms with Gasteiger partial charge in [-0.05, 0) is 24.3 Å². The highest BCUT2D eigenvalue weighted by Gasteiger charge is 2.25. The molecule has 0 aromatic heterocycles. The lowest BCUT2D eigenvalue weighted by atomic mass is 9.96. The zero-order chi connectivity index (χ0) is 17.7. The summed E-state index contributed by atoms with van der Waals surface area (Å²) in [7, 11) is 4.21. The summed E-state index contributed by atoms with van der Waals surface area (Å²) in [6.07, 6.45) is 0.491. The minimum atomic E-state index is -0.831. The van der Waals surface area contributed by atoms with Gasteiger partial charge in [-0.15, -0.1) is 0 Å². The lowest BCUT2D eigenvalue weighted by molar-refractivity contribution is 0.0814. The van der Waals surface area contributed by atoms with Crippen LogP contribution in [0.2, 0.25) is 0 Å².